The van der Waals surface area contributed by atoms with E-state index in [2.05, 4.69) is 9.24 Å². The molecule has 4 nitrogen and oxygen atoms in total. The highest BCUT2D eigenvalue weighted by Crippen LogP contribution is 2.59. The van der Waals surface area contributed by atoms with Gasteiger partial charge in [-0.15, -0.1) is 9.24 Å². The zero-order valence-corrected chi connectivity index (χ0v) is 13.6. The molecule has 1 fully saturated rings. The summed E-state index contributed by atoms with van der Waals surface area (Å²) < 4.78 is 5.85. The lowest BCUT2D eigenvalue weighted by molar-refractivity contribution is 0.0693. The Kier molecular flexibility index (Phi) is 4.14. The highest BCUT2D eigenvalue weighted by Gasteiger charge is 2.50. The van der Waals surface area contributed by atoms with Crippen LogP contribution in [0.2, 0.25) is 0 Å². The van der Waals surface area contributed by atoms with Gasteiger partial charge in [0.25, 0.3) is 0 Å². The topological polar surface area (TPSA) is 66.8 Å². The minimum absolute atomic E-state index is 0.101. The molecule has 0 aliphatic heterocycles. The molecule has 0 radical (unpaired) electrons. The zero-order valence-electron chi connectivity index (χ0n) is 12.5. The number of aromatic carboxylic acids is 1. The average molecular weight is 320 g/mol. The Morgan fingerprint density at radius 2 is 2.14 bits per heavy atom. The van der Waals surface area contributed by atoms with E-state index in [1.165, 1.54) is 42.3 Å². The highest BCUT2D eigenvalue weighted by molar-refractivity contribution is 7.22. The molecule has 0 saturated heterocycles. The maximum absolute atomic E-state index is 10.9. The predicted octanol–water partition coefficient (Wildman–Crippen LogP) is 3.95. The molecule has 2 aliphatic rings. The second-order valence-electron chi connectivity index (χ2n) is 6.29. The van der Waals surface area contributed by atoms with E-state index < -0.39 is 5.97 Å². The van der Waals surface area contributed by atoms with Crippen molar-refractivity contribution in [3.63, 3.8) is 0 Å². The number of hydrogen-bond donors (Lipinski definition) is 2. The molecule has 0 bridgehead atoms. The monoisotopic (exact) mass is 320 g/mol. The number of aromatic hydroxyl groups is 1. The minimum atomic E-state index is -1.14. The Morgan fingerprint density at radius 3 is 2.86 bits per heavy atom. The Bertz CT molecular complexity index is 638. The van der Waals surface area contributed by atoms with Gasteiger partial charge in [0.15, 0.2) is 0 Å². The summed E-state index contributed by atoms with van der Waals surface area (Å²) in [4.78, 5) is 10.9. The van der Waals surface area contributed by atoms with E-state index in [1.54, 1.807) is 6.07 Å². The standard InChI is InChI=1S/C17H21O4P/c18-14-8-11(5-6-12(14)16(19)20)21-10-17-7-3-1-2-4-15(22)13(17)9-17/h5-6,8,18H,1-4,7,9-10,22H2,(H,19,20)/b15-13-. The van der Waals surface area contributed by atoms with Gasteiger partial charge in [-0.05, 0) is 37.8 Å². The average Bonchev–Trinajstić information content (AvgIpc) is 3.17. The maximum atomic E-state index is 10.9. The van der Waals surface area contributed by atoms with Gasteiger partial charge in [0.05, 0.1) is 6.61 Å². The molecular formula is C17H21O4P. The van der Waals surface area contributed by atoms with E-state index in [0.29, 0.717) is 12.4 Å². The van der Waals surface area contributed by atoms with Crippen molar-refractivity contribution in [1.29, 1.82) is 0 Å². The maximum Gasteiger partial charge on any atom is 0.339 e. The van der Waals surface area contributed by atoms with Gasteiger partial charge in [-0.1, -0.05) is 23.7 Å². The Labute approximate surface area is 132 Å². The van der Waals surface area contributed by atoms with E-state index in [0.717, 1.165) is 19.3 Å². The van der Waals surface area contributed by atoms with Crippen molar-refractivity contribution < 1.29 is 19.7 Å². The summed E-state index contributed by atoms with van der Waals surface area (Å²) in [5.74, 6) is -0.864. The third kappa shape index (κ3) is 2.98. The van der Waals surface area contributed by atoms with Crippen molar-refractivity contribution in [1.82, 2.24) is 0 Å². The number of phenols is 1. The number of carboxylic acids is 1. The largest absolute Gasteiger partial charge is 0.507 e. The molecule has 2 atom stereocenters. The van der Waals surface area contributed by atoms with Gasteiger partial charge in [0.1, 0.15) is 17.1 Å². The minimum Gasteiger partial charge on any atom is -0.507 e. The molecule has 22 heavy (non-hydrogen) atoms. The van der Waals surface area contributed by atoms with E-state index in [4.69, 9.17) is 9.84 Å². The first-order chi connectivity index (χ1) is 10.5. The number of carbonyl (C=O) groups is 1. The molecule has 2 unspecified atom stereocenters. The van der Waals surface area contributed by atoms with E-state index in [1.807, 2.05) is 0 Å². The fourth-order valence-corrected chi connectivity index (χ4v) is 3.92. The molecule has 118 valence electrons. The first-order valence-electron chi connectivity index (χ1n) is 7.69. The van der Waals surface area contributed by atoms with Gasteiger partial charge >= 0.3 is 5.97 Å². The normalized spacial score (nSPS) is 27.5. The van der Waals surface area contributed by atoms with Crippen LogP contribution in [0.25, 0.3) is 0 Å². The third-order valence-electron chi connectivity index (χ3n) is 4.73. The lowest BCUT2D eigenvalue weighted by Crippen LogP contribution is -2.15. The molecule has 0 aromatic heterocycles. The summed E-state index contributed by atoms with van der Waals surface area (Å²) in [6, 6.07) is 4.38. The number of ether oxygens (including phenoxy) is 1. The molecule has 0 spiro atoms. The van der Waals surface area contributed by atoms with Crippen molar-refractivity contribution in [3.05, 3.63) is 34.6 Å². The van der Waals surface area contributed by atoms with Gasteiger partial charge in [0.2, 0.25) is 0 Å². The molecule has 2 N–H and O–H groups in total. The van der Waals surface area contributed by atoms with Gasteiger partial charge < -0.3 is 14.9 Å². The predicted molar refractivity (Wildman–Crippen MR) is 87.4 cm³/mol. The van der Waals surface area contributed by atoms with Crippen LogP contribution in [0.15, 0.2) is 29.1 Å². The smallest absolute Gasteiger partial charge is 0.339 e. The van der Waals surface area contributed by atoms with Crippen LogP contribution in [0.5, 0.6) is 11.5 Å². The van der Waals surface area contributed by atoms with Crippen LogP contribution in [0, 0.1) is 5.41 Å². The number of fused-ring (bicyclic) bond motifs is 1. The fraction of sp³-hybridized carbons (Fsp3) is 0.471. The number of rotatable bonds is 4. The second-order valence-corrected chi connectivity index (χ2v) is 6.99. The van der Waals surface area contributed by atoms with Crippen molar-refractivity contribution in [3.8, 4) is 11.5 Å². The van der Waals surface area contributed by atoms with E-state index in [9.17, 15) is 9.90 Å². The van der Waals surface area contributed by atoms with Crippen LogP contribution in [-0.4, -0.2) is 22.8 Å². The lowest BCUT2D eigenvalue weighted by atomic mass is 9.95. The number of hydrogen-bond acceptors (Lipinski definition) is 3. The van der Waals surface area contributed by atoms with E-state index >= 15 is 0 Å². The highest BCUT2D eigenvalue weighted by atomic mass is 31.0. The zero-order chi connectivity index (χ0) is 15.7. The fourth-order valence-electron chi connectivity index (χ4n) is 3.31. The van der Waals surface area contributed by atoms with Crippen LogP contribution >= 0.6 is 9.24 Å². The van der Waals surface area contributed by atoms with Crippen LogP contribution in [-0.2, 0) is 0 Å². The van der Waals surface area contributed by atoms with Crippen LogP contribution in [0.1, 0.15) is 48.9 Å². The number of carboxylic acid groups (broad SMARTS) is 1. The van der Waals surface area contributed by atoms with Crippen LogP contribution < -0.4 is 4.74 Å². The number of benzene rings is 1. The summed E-state index contributed by atoms with van der Waals surface area (Å²) in [6.07, 6.45) is 7.18. The SMILES string of the molecule is O=C(O)c1ccc(OCC23CCCCC/C(P)=C/2C3)cc1O. The summed E-state index contributed by atoms with van der Waals surface area (Å²) >= 11 is 0. The molecule has 0 heterocycles. The second kappa shape index (κ2) is 5.92. The summed E-state index contributed by atoms with van der Waals surface area (Å²) in [5, 5.41) is 20.1. The van der Waals surface area contributed by atoms with Crippen LogP contribution in [0.4, 0.5) is 0 Å². The third-order valence-corrected chi connectivity index (χ3v) is 5.37. The molecule has 3 rings (SSSR count). The summed E-state index contributed by atoms with van der Waals surface area (Å²) in [5.41, 5.74) is 1.58. The first-order valence-corrected chi connectivity index (χ1v) is 8.27. The van der Waals surface area contributed by atoms with Crippen LogP contribution in [0.3, 0.4) is 0 Å². The lowest BCUT2D eigenvalue weighted by Gasteiger charge is -2.19. The Hall–Kier alpha value is -1.54. The summed E-state index contributed by atoms with van der Waals surface area (Å²) in [7, 11) is 2.88. The van der Waals surface area contributed by atoms with E-state index in [-0.39, 0.29) is 16.7 Å². The molecular weight excluding hydrogens is 299 g/mol. The molecule has 1 aromatic rings. The first kappa shape index (κ1) is 15.4. The molecule has 1 saturated carbocycles. The Balaban J connectivity index is 1.70. The summed E-state index contributed by atoms with van der Waals surface area (Å²) in [6.45, 7) is 0.603. The quantitative estimate of drug-likeness (QED) is 0.824. The molecule has 5 heteroatoms. The molecule has 1 aromatic carbocycles. The molecule has 2 aliphatic carbocycles. The van der Waals surface area contributed by atoms with Crippen molar-refractivity contribution in [2.24, 2.45) is 5.41 Å². The number of allylic oxidation sites excluding steroid dienone is 1. The van der Waals surface area contributed by atoms with Crippen molar-refractivity contribution in [2.75, 3.05) is 6.61 Å². The van der Waals surface area contributed by atoms with Gasteiger partial charge in [-0.3, -0.25) is 0 Å². The Morgan fingerprint density at radius 1 is 1.32 bits per heavy atom. The molecule has 0 amide bonds. The van der Waals surface area contributed by atoms with Crippen molar-refractivity contribution in [2.45, 2.75) is 38.5 Å². The van der Waals surface area contributed by atoms with Gasteiger partial charge in [0, 0.05) is 11.5 Å². The van der Waals surface area contributed by atoms with Gasteiger partial charge in [-0.25, -0.2) is 4.79 Å². The van der Waals surface area contributed by atoms with Crippen molar-refractivity contribution >= 4 is 15.2 Å². The van der Waals surface area contributed by atoms with Gasteiger partial charge in [-0.2, -0.15) is 0 Å².